The molecule has 1 aromatic carbocycles. The summed E-state index contributed by atoms with van der Waals surface area (Å²) in [6, 6.07) is 11.8. The summed E-state index contributed by atoms with van der Waals surface area (Å²) in [5.74, 6) is 1.33. The highest BCUT2D eigenvalue weighted by Crippen LogP contribution is 2.16. The van der Waals surface area contributed by atoms with Gasteiger partial charge in [-0.25, -0.2) is 9.97 Å². The topological polar surface area (TPSA) is 45.4 Å². The van der Waals surface area contributed by atoms with E-state index in [-0.39, 0.29) is 0 Å². The first-order valence-electron chi connectivity index (χ1n) is 8.80. The molecule has 0 aliphatic carbocycles. The van der Waals surface area contributed by atoms with Crippen LogP contribution in [0.5, 0.6) is 0 Å². The van der Waals surface area contributed by atoms with Crippen LogP contribution in [0.3, 0.4) is 0 Å². The van der Waals surface area contributed by atoms with Gasteiger partial charge < -0.3 is 4.42 Å². The first-order chi connectivity index (χ1) is 12.8. The number of nitrogens with zero attached hydrogens (tertiary/aromatic N) is 4. The maximum atomic E-state index is 5.95. The molecule has 0 atom stereocenters. The molecule has 0 saturated carbocycles. The van der Waals surface area contributed by atoms with Crippen molar-refractivity contribution in [1.82, 2.24) is 19.8 Å². The lowest BCUT2D eigenvalue weighted by Gasteiger charge is -2.34. The highest BCUT2D eigenvalue weighted by atomic mass is 35.5. The molecule has 0 amide bonds. The van der Waals surface area contributed by atoms with E-state index in [1.54, 1.807) is 6.26 Å². The molecule has 0 N–H and O–H groups in total. The van der Waals surface area contributed by atoms with Crippen molar-refractivity contribution in [3.05, 3.63) is 71.2 Å². The summed E-state index contributed by atoms with van der Waals surface area (Å²) in [6.45, 7) is 6.09. The van der Waals surface area contributed by atoms with Gasteiger partial charge in [0.1, 0.15) is 0 Å². The van der Waals surface area contributed by atoms with Gasteiger partial charge in [-0.05, 0) is 29.8 Å². The average Bonchev–Trinajstić information content (AvgIpc) is 3.21. The van der Waals surface area contributed by atoms with Crippen molar-refractivity contribution in [2.24, 2.45) is 0 Å². The van der Waals surface area contributed by atoms with Crippen molar-refractivity contribution < 1.29 is 4.42 Å². The van der Waals surface area contributed by atoms with E-state index in [1.165, 1.54) is 5.56 Å². The van der Waals surface area contributed by atoms with Crippen molar-refractivity contribution in [3.8, 4) is 11.6 Å². The Kier molecular flexibility index (Phi) is 5.29. The number of benzene rings is 1. The van der Waals surface area contributed by atoms with E-state index < -0.39 is 0 Å². The number of aromatic nitrogens is 2. The average molecular weight is 369 g/mol. The van der Waals surface area contributed by atoms with Gasteiger partial charge in [-0.2, -0.15) is 0 Å². The quantitative estimate of drug-likeness (QED) is 0.687. The smallest absolute Gasteiger partial charge is 0.195 e. The van der Waals surface area contributed by atoms with E-state index in [1.807, 2.05) is 36.7 Å². The molecule has 26 heavy (non-hydrogen) atoms. The molecular weight excluding hydrogens is 348 g/mol. The minimum absolute atomic E-state index is 0.631. The SMILES string of the molecule is Clc1ccc(CN2CCN(Cc3cnc(-c4ccco4)nc3)CC2)cc1. The molecule has 0 unspecified atom stereocenters. The van der Waals surface area contributed by atoms with Gasteiger partial charge in [0.2, 0.25) is 0 Å². The second-order valence-corrected chi connectivity index (χ2v) is 7.01. The van der Waals surface area contributed by atoms with Gasteiger partial charge in [0.15, 0.2) is 11.6 Å². The number of halogens is 1. The lowest BCUT2D eigenvalue weighted by Crippen LogP contribution is -2.45. The van der Waals surface area contributed by atoms with Crippen molar-refractivity contribution >= 4 is 11.6 Å². The maximum Gasteiger partial charge on any atom is 0.195 e. The first-order valence-corrected chi connectivity index (χ1v) is 9.18. The van der Waals surface area contributed by atoms with Gasteiger partial charge >= 0.3 is 0 Å². The zero-order chi connectivity index (χ0) is 17.8. The molecule has 1 aliphatic heterocycles. The molecule has 4 rings (SSSR count). The van der Waals surface area contributed by atoms with Gasteiger partial charge in [0.05, 0.1) is 6.26 Å². The molecule has 1 fully saturated rings. The van der Waals surface area contributed by atoms with E-state index in [4.69, 9.17) is 16.0 Å². The third-order valence-electron chi connectivity index (χ3n) is 4.64. The van der Waals surface area contributed by atoms with Crippen LogP contribution in [0.25, 0.3) is 11.6 Å². The van der Waals surface area contributed by atoms with Gasteiger partial charge in [0.25, 0.3) is 0 Å². The number of furan rings is 1. The highest BCUT2D eigenvalue weighted by Gasteiger charge is 2.17. The first kappa shape index (κ1) is 17.2. The lowest BCUT2D eigenvalue weighted by atomic mass is 10.2. The van der Waals surface area contributed by atoms with E-state index >= 15 is 0 Å². The van der Waals surface area contributed by atoms with Crippen LogP contribution in [0.15, 0.2) is 59.5 Å². The van der Waals surface area contributed by atoms with Gasteiger partial charge in [0, 0.05) is 62.2 Å². The fourth-order valence-corrected chi connectivity index (χ4v) is 3.31. The summed E-state index contributed by atoms with van der Waals surface area (Å²) in [7, 11) is 0. The maximum absolute atomic E-state index is 5.95. The molecule has 6 heteroatoms. The molecule has 1 saturated heterocycles. The highest BCUT2D eigenvalue weighted by molar-refractivity contribution is 6.30. The molecule has 0 bridgehead atoms. The molecule has 3 aromatic rings. The Hall–Kier alpha value is -2.21. The number of piperazine rings is 1. The van der Waals surface area contributed by atoms with Crippen LogP contribution in [0, 0.1) is 0 Å². The normalized spacial score (nSPS) is 16.0. The van der Waals surface area contributed by atoms with Crippen LogP contribution < -0.4 is 0 Å². The second kappa shape index (κ2) is 7.99. The van der Waals surface area contributed by atoms with Crippen LogP contribution in [0.1, 0.15) is 11.1 Å². The Morgan fingerprint density at radius 1 is 0.846 bits per heavy atom. The molecule has 2 aromatic heterocycles. The van der Waals surface area contributed by atoms with E-state index in [0.29, 0.717) is 11.6 Å². The minimum atomic E-state index is 0.631. The Labute approximate surface area is 158 Å². The summed E-state index contributed by atoms with van der Waals surface area (Å²) in [4.78, 5) is 13.8. The molecule has 1 aliphatic rings. The Bertz CT molecular complexity index is 810. The van der Waals surface area contributed by atoms with Crippen LogP contribution >= 0.6 is 11.6 Å². The van der Waals surface area contributed by atoms with E-state index in [9.17, 15) is 0 Å². The van der Waals surface area contributed by atoms with Gasteiger partial charge in [-0.3, -0.25) is 9.80 Å². The lowest BCUT2D eigenvalue weighted by molar-refractivity contribution is 0.122. The number of hydrogen-bond donors (Lipinski definition) is 0. The number of hydrogen-bond acceptors (Lipinski definition) is 5. The van der Waals surface area contributed by atoms with Gasteiger partial charge in [-0.1, -0.05) is 23.7 Å². The van der Waals surface area contributed by atoms with Gasteiger partial charge in [-0.15, -0.1) is 0 Å². The minimum Gasteiger partial charge on any atom is -0.461 e. The van der Waals surface area contributed by atoms with Crippen LogP contribution in [0.4, 0.5) is 0 Å². The second-order valence-electron chi connectivity index (χ2n) is 6.57. The van der Waals surface area contributed by atoms with Crippen LogP contribution in [-0.4, -0.2) is 45.9 Å². The standard InChI is InChI=1S/C20H21ClN4O/c21-18-5-3-16(4-6-18)14-24-7-9-25(10-8-24)15-17-12-22-20(23-13-17)19-2-1-11-26-19/h1-6,11-13H,7-10,14-15H2. The van der Waals surface area contributed by atoms with Crippen LogP contribution in [-0.2, 0) is 13.1 Å². The predicted octanol–water partition coefficient (Wildman–Crippen LogP) is 3.71. The summed E-state index contributed by atoms with van der Waals surface area (Å²) in [5, 5.41) is 0.791. The van der Waals surface area contributed by atoms with Crippen molar-refractivity contribution in [1.29, 1.82) is 0 Å². The van der Waals surface area contributed by atoms with E-state index in [2.05, 4.69) is 31.9 Å². The Morgan fingerprint density at radius 2 is 1.46 bits per heavy atom. The van der Waals surface area contributed by atoms with E-state index in [0.717, 1.165) is 49.9 Å². The summed E-state index contributed by atoms with van der Waals surface area (Å²) in [6.07, 6.45) is 5.42. The third-order valence-corrected chi connectivity index (χ3v) is 4.89. The summed E-state index contributed by atoms with van der Waals surface area (Å²) >= 11 is 5.95. The Morgan fingerprint density at radius 3 is 2.04 bits per heavy atom. The monoisotopic (exact) mass is 368 g/mol. The Balaban J connectivity index is 1.27. The molecule has 3 heterocycles. The molecule has 0 radical (unpaired) electrons. The molecule has 0 spiro atoms. The largest absolute Gasteiger partial charge is 0.461 e. The predicted molar refractivity (Wildman–Crippen MR) is 102 cm³/mol. The molecular formula is C20H21ClN4O. The zero-order valence-corrected chi connectivity index (χ0v) is 15.3. The number of rotatable bonds is 5. The molecule has 134 valence electrons. The van der Waals surface area contributed by atoms with Crippen LogP contribution in [0.2, 0.25) is 5.02 Å². The molecule has 5 nitrogen and oxygen atoms in total. The zero-order valence-electron chi connectivity index (χ0n) is 14.5. The van der Waals surface area contributed by atoms with Crippen molar-refractivity contribution in [3.63, 3.8) is 0 Å². The summed E-state index contributed by atoms with van der Waals surface area (Å²) < 4.78 is 5.33. The third kappa shape index (κ3) is 4.30. The van der Waals surface area contributed by atoms with Crippen molar-refractivity contribution in [2.45, 2.75) is 13.1 Å². The fourth-order valence-electron chi connectivity index (χ4n) is 3.18. The van der Waals surface area contributed by atoms with Crippen molar-refractivity contribution in [2.75, 3.05) is 26.2 Å². The summed E-state index contributed by atoms with van der Waals surface area (Å²) in [5.41, 5.74) is 2.44. The fraction of sp³-hybridized carbons (Fsp3) is 0.300.